The van der Waals surface area contributed by atoms with Crippen molar-refractivity contribution in [1.29, 1.82) is 0 Å². The van der Waals surface area contributed by atoms with Crippen LogP contribution in [0.25, 0.3) is 0 Å². The molecule has 0 amide bonds. The summed E-state index contributed by atoms with van der Waals surface area (Å²) in [6, 6.07) is 4.08. The van der Waals surface area contributed by atoms with Crippen molar-refractivity contribution < 1.29 is 14.6 Å². The molecule has 2 fully saturated rings. The zero-order valence-corrected chi connectivity index (χ0v) is 15.0. The fourth-order valence-corrected chi connectivity index (χ4v) is 6.18. The van der Waals surface area contributed by atoms with Gasteiger partial charge in [-0.15, -0.1) is 0 Å². The monoisotopic (exact) mass is 378 g/mol. The molecule has 3 aliphatic carbocycles. The van der Waals surface area contributed by atoms with E-state index in [2.05, 4.69) is 28.9 Å². The standard InChI is InChI=1S/C19H23BrO3/c1-19-7-6-12-13(15(19)4-5-18(19)23-10-21)3-2-11-8-17(22)16(20)9-14(11)12/h8-10,12-13,15,18,22H,2-7H2,1H3/t12-,13+,15-,18-,19-/m0/s1. The van der Waals surface area contributed by atoms with Crippen LogP contribution < -0.4 is 0 Å². The molecule has 1 aromatic rings. The molecule has 23 heavy (non-hydrogen) atoms. The number of hydrogen-bond acceptors (Lipinski definition) is 3. The van der Waals surface area contributed by atoms with Gasteiger partial charge in [0.05, 0.1) is 4.47 Å². The largest absolute Gasteiger partial charge is 0.507 e. The summed E-state index contributed by atoms with van der Waals surface area (Å²) < 4.78 is 6.24. The van der Waals surface area contributed by atoms with Crippen molar-refractivity contribution in [2.24, 2.45) is 17.3 Å². The predicted octanol–water partition coefficient (Wildman–Crippen LogP) is 4.55. The molecule has 4 rings (SSSR count). The van der Waals surface area contributed by atoms with Crippen LogP contribution in [0.5, 0.6) is 5.75 Å². The summed E-state index contributed by atoms with van der Waals surface area (Å²) >= 11 is 3.48. The molecule has 0 radical (unpaired) electrons. The van der Waals surface area contributed by atoms with Crippen molar-refractivity contribution in [3.8, 4) is 5.75 Å². The van der Waals surface area contributed by atoms with Gasteiger partial charge < -0.3 is 9.84 Å². The number of benzene rings is 1. The average molecular weight is 379 g/mol. The number of carbonyl (C=O) groups is 1. The van der Waals surface area contributed by atoms with E-state index in [4.69, 9.17) is 4.74 Å². The van der Waals surface area contributed by atoms with E-state index in [9.17, 15) is 9.90 Å². The Morgan fingerprint density at radius 1 is 1.30 bits per heavy atom. The number of ether oxygens (including phenoxy) is 1. The lowest BCUT2D eigenvalue weighted by atomic mass is 9.55. The van der Waals surface area contributed by atoms with E-state index < -0.39 is 0 Å². The fourth-order valence-electron chi connectivity index (χ4n) is 5.82. The molecule has 1 N–H and O–H groups in total. The van der Waals surface area contributed by atoms with Crippen LogP contribution in [0.4, 0.5) is 0 Å². The third-order valence-electron chi connectivity index (χ3n) is 6.93. The highest BCUT2D eigenvalue weighted by molar-refractivity contribution is 9.10. The van der Waals surface area contributed by atoms with E-state index in [-0.39, 0.29) is 11.5 Å². The molecule has 1 aromatic carbocycles. The van der Waals surface area contributed by atoms with Crippen LogP contribution in [0.1, 0.15) is 56.1 Å². The minimum atomic E-state index is 0.0962. The second kappa shape index (κ2) is 5.51. The average Bonchev–Trinajstić information content (AvgIpc) is 2.86. The molecule has 124 valence electrons. The molecule has 4 heteroatoms. The zero-order chi connectivity index (χ0) is 16.2. The van der Waals surface area contributed by atoms with Gasteiger partial charge in [-0.25, -0.2) is 0 Å². The number of phenolic OH excluding ortho intramolecular Hbond substituents is 1. The Kier molecular flexibility index (Phi) is 3.71. The first-order chi connectivity index (χ1) is 11.0. The summed E-state index contributed by atoms with van der Waals surface area (Å²) in [7, 11) is 0. The van der Waals surface area contributed by atoms with Crippen molar-refractivity contribution in [3.05, 3.63) is 27.7 Å². The maximum Gasteiger partial charge on any atom is 0.293 e. The molecular weight excluding hydrogens is 356 g/mol. The number of halogens is 1. The lowest BCUT2D eigenvalue weighted by Crippen LogP contribution is -2.44. The second-order valence-corrected chi connectivity index (χ2v) is 8.62. The molecule has 0 saturated heterocycles. The Morgan fingerprint density at radius 3 is 2.91 bits per heavy atom. The number of aromatic hydroxyl groups is 1. The third-order valence-corrected chi connectivity index (χ3v) is 7.56. The first-order valence-corrected chi connectivity index (χ1v) is 9.44. The Morgan fingerprint density at radius 2 is 2.13 bits per heavy atom. The molecule has 2 saturated carbocycles. The van der Waals surface area contributed by atoms with Gasteiger partial charge in [0.2, 0.25) is 0 Å². The number of aryl methyl sites for hydroxylation is 1. The number of phenols is 1. The minimum Gasteiger partial charge on any atom is -0.507 e. The van der Waals surface area contributed by atoms with Crippen LogP contribution in [0.2, 0.25) is 0 Å². The SMILES string of the molecule is C[C@]12CC[C@@H]3c4cc(Br)c(O)cc4CC[C@H]3[C@@H]1CC[C@@H]2OC=O. The first kappa shape index (κ1) is 15.5. The molecule has 3 nitrogen and oxygen atoms in total. The van der Waals surface area contributed by atoms with Crippen LogP contribution >= 0.6 is 15.9 Å². The lowest BCUT2D eigenvalue weighted by molar-refractivity contribution is -0.141. The normalized spacial score (nSPS) is 38.3. The third kappa shape index (κ3) is 2.25. The predicted molar refractivity (Wildman–Crippen MR) is 91.4 cm³/mol. The van der Waals surface area contributed by atoms with Crippen molar-refractivity contribution in [1.82, 2.24) is 0 Å². The van der Waals surface area contributed by atoms with E-state index in [1.807, 2.05) is 6.07 Å². The van der Waals surface area contributed by atoms with Gasteiger partial charge in [0.1, 0.15) is 11.9 Å². The Balaban J connectivity index is 1.67. The van der Waals surface area contributed by atoms with Gasteiger partial charge in [0.25, 0.3) is 6.47 Å². The summed E-state index contributed by atoms with van der Waals surface area (Å²) in [5.41, 5.74) is 2.88. The molecule has 0 aromatic heterocycles. The number of rotatable bonds is 2. The van der Waals surface area contributed by atoms with E-state index >= 15 is 0 Å². The van der Waals surface area contributed by atoms with Crippen molar-refractivity contribution in [2.45, 2.75) is 57.5 Å². The van der Waals surface area contributed by atoms with Gasteiger partial charge in [-0.2, -0.15) is 0 Å². The van der Waals surface area contributed by atoms with Crippen molar-refractivity contribution in [2.75, 3.05) is 0 Å². The summed E-state index contributed by atoms with van der Waals surface area (Å²) in [5.74, 6) is 2.26. The van der Waals surface area contributed by atoms with Gasteiger partial charge in [-0.3, -0.25) is 4.79 Å². The zero-order valence-electron chi connectivity index (χ0n) is 13.4. The first-order valence-electron chi connectivity index (χ1n) is 8.65. The van der Waals surface area contributed by atoms with E-state index in [0.717, 1.165) is 30.2 Å². The quantitative estimate of drug-likeness (QED) is 0.767. The van der Waals surface area contributed by atoms with Crippen LogP contribution in [-0.4, -0.2) is 17.7 Å². The number of carbonyl (C=O) groups excluding carboxylic acids is 1. The second-order valence-electron chi connectivity index (χ2n) is 7.76. The van der Waals surface area contributed by atoms with Crippen LogP contribution in [0, 0.1) is 17.3 Å². The molecule has 0 unspecified atom stereocenters. The summed E-state index contributed by atoms with van der Waals surface area (Å²) in [6.45, 7) is 2.97. The topological polar surface area (TPSA) is 46.5 Å². The minimum absolute atomic E-state index is 0.0962. The highest BCUT2D eigenvalue weighted by Gasteiger charge is 2.55. The smallest absolute Gasteiger partial charge is 0.293 e. The van der Waals surface area contributed by atoms with E-state index in [0.29, 0.717) is 30.0 Å². The van der Waals surface area contributed by atoms with Crippen LogP contribution in [-0.2, 0) is 16.0 Å². The Bertz CT molecular complexity index is 644. The molecule has 0 bridgehead atoms. The molecule has 0 heterocycles. The van der Waals surface area contributed by atoms with Gasteiger partial charge in [-0.1, -0.05) is 6.92 Å². The van der Waals surface area contributed by atoms with Gasteiger partial charge in [0.15, 0.2) is 0 Å². The maximum atomic E-state index is 10.8. The maximum absolute atomic E-state index is 10.8. The lowest BCUT2D eigenvalue weighted by Gasteiger charge is -2.50. The number of hydrogen-bond donors (Lipinski definition) is 1. The van der Waals surface area contributed by atoms with E-state index in [1.165, 1.54) is 24.0 Å². The summed E-state index contributed by atoms with van der Waals surface area (Å²) in [5, 5.41) is 9.96. The Hall–Kier alpha value is -1.03. The van der Waals surface area contributed by atoms with Crippen LogP contribution in [0.3, 0.4) is 0 Å². The van der Waals surface area contributed by atoms with Crippen molar-refractivity contribution >= 4 is 22.4 Å². The van der Waals surface area contributed by atoms with Gasteiger partial charge >= 0.3 is 0 Å². The van der Waals surface area contributed by atoms with E-state index in [1.54, 1.807) is 0 Å². The highest BCUT2D eigenvalue weighted by atomic mass is 79.9. The molecule has 3 aliphatic rings. The number of fused-ring (bicyclic) bond motifs is 5. The Labute approximate surface area is 145 Å². The van der Waals surface area contributed by atoms with Gasteiger partial charge in [0, 0.05) is 5.41 Å². The fraction of sp³-hybridized carbons (Fsp3) is 0.632. The summed E-state index contributed by atoms with van der Waals surface area (Å²) in [4.78, 5) is 10.8. The molecule has 5 atom stereocenters. The highest BCUT2D eigenvalue weighted by Crippen LogP contribution is 2.61. The molecular formula is C19H23BrO3. The van der Waals surface area contributed by atoms with Crippen LogP contribution in [0.15, 0.2) is 16.6 Å². The molecule has 0 aliphatic heterocycles. The van der Waals surface area contributed by atoms with Crippen molar-refractivity contribution in [3.63, 3.8) is 0 Å². The summed E-state index contributed by atoms with van der Waals surface area (Å²) in [6.07, 6.45) is 6.78. The molecule has 0 spiro atoms. The van der Waals surface area contributed by atoms with Gasteiger partial charge in [-0.05, 0) is 95.5 Å².